The molecule has 1 heterocycles. The van der Waals surface area contributed by atoms with Crippen molar-refractivity contribution in [1.29, 1.82) is 0 Å². The number of hydrogen-bond donors (Lipinski definition) is 1. The van der Waals surface area contributed by atoms with Gasteiger partial charge >= 0.3 is 0 Å². The van der Waals surface area contributed by atoms with Crippen molar-refractivity contribution in [3.8, 4) is 0 Å². The predicted molar refractivity (Wildman–Crippen MR) is 69.8 cm³/mol. The highest BCUT2D eigenvalue weighted by Gasteiger charge is 2.15. The molecule has 1 atom stereocenters. The van der Waals surface area contributed by atoms with E-state index in [4.69, 9.17) is 0 Å². The van der Waals surface area contributed by atoms with Gasteiger partial charge in [0, 0.05) is 17.6 Å². The van der Waals surface area contributed by atoms with Gasteiger partial charge < -0.3 is 5.32 Å². The molecule has 0 spiro atoms. The standard InChI is InChI=1S/C13H22N2S/c1-11(13-14-9-10-16-13)15-12-7-5-3-2-4-6-8-12/h9-12,15H,2-8H2,1H3. The van der Waals surface area contributed by atoms with E-state index in [1.807, 2.05) is 6.20 Å². The molecule has 1 aliphatic rings. The molecule has 0 aromatic carbocycles. The molecule has 1 fully saturated rings. The average Bonchev–Trinajstić information content (AvgIpc) is 2.74. The van der Waals surface area contributed by atoms with Crippen LogP contribution in [0.2, 0.25) is 0 Å². The highest BCUT2D eigenvalue weighted by molar-refractivity contribution is 7.09. The van der Waals surface area contributed by atoms with Crippen molar-refractivity contribution < 1.29 is 0 Å². The molecule has 1 aromatic heterocycles. The molecular weight excluding hydrogens is 216 g/mol. The summed E-state index contributed by atoms with van der Waals surface area (Å²) in [6.07, 6.45) is 11.6. The third-order valence-corrected chi connectivity index (χ3v) is 4.37. The average molecular weight is 238 g/mol. The summed E-state index contributed by atoms with van der Waals surface area (Å²) < 4.78 is 0. The van der Waals surface area contributed by atoms with E-state index in [-0.39, 0.29) is 0 Å². The van der Waals surface area contributed by atoms with Gasteiger partial charge in [-0.1, -0.05) is 32.1 Å². The number of nitrogens with zero attached hydrogens (tertiary/aromatic N) is 1. The first-order valence-electron chi connectivity index (χ1n) is 6.51. The summed E-state index contributed by atoms with van der Waals surface area (Å²) in [5.41, 5.74) is 0. The Morgan fingerprint density at radius 2 is 1.94 bits per heavy atom. The Labute approximate surface area is 102 Å². The summed E-state index contributed by atoms with van der Waals surface area (Å²) in [5.74, 6) is 0. The van der Waals surface area contributed by atoms with E-state index < -0.39 is 0 Å². The van der Waals surface area contributed by atoms with Gasteiger partial charge in [-0.2, -0.15) is 0 Å². The molecule has 1 unspecified atom stereocenters. The number of rotatable bonds is 3. The van der Waals surface area contributed by atoms with Crippen LogP contribution in [0.5, 0.6) is 0 Å². The maximum absolute atomic E-state index is 4.38. The van der Waals surface area contributed by atoms with Gasteiger partial charge in [-0.25, -0.2) is 4.98 Å². The zero-order valence-electron chi connectivity index (χ0n) is 10.1. The summed E-state index contributed by atoms with van der Waals surface area (Å²) in [4.78, 5) is 4.38. The molecule has 1 aliphatic carbocycles. The van der Waals surface area contributed by atoms with Crippen molar-refractivity contribution >= 4 is 11.3 Å². The Morgan fingerprint density at radius 3 is 2.56 bits per heavy atom. The second-order valence-corrected chi connectivity index (χ2v) is 5.73. The van der Waals surface area contributed by atoms with Gasteiger partial charge in [0.25, 0.3) is 0 Å². The Kier molecular flexibility index (Phi) is 4.79. The SMILES string of the molecule is CC(NC1CCCCCCC1)c1nccs1. The smallest absolute Gasteiger partial charge is 0.109 e. The van der Waals surface area contributed by atoms with Crippen LogP contribution >= 0.6 is 11.3 Å². The lowest BCUT2D eigenvalue weighted by Crippen LogP contribution is -2.32. The molecule has 3 heteroatoms. The maximum Gasteiger partial charge on any atom is 0.109 e. The van der Waals surface area contributed by atoms with E-state index >= 15 is 0 Å². The lowest BCUT2D eigenvalue weighted by Gasteiger charge is -2.24. The fraction of sp³-hybridized carbons (Fsp3) is 0.769. The van der Waals surface area contributed by atoms with Crippen molar-refractivity contribution in [3.63, 3.8) is 0 Å². The molecular formula is C13H22N2S. The number of nitrogens with one attached hydrogen (secondary N) is 1. The van der Waals surface area contributed by atoms with E-state index in [1.165, 1.54) is 50.0 Å². The summed E-state index contributed by atoms with van der Waals surface area (Å²) in [6, 6.07) is 1.13. The third kappa shape index (κ3) is 3.56. The van der Waals surface area contributed by atoms with Crippen LogP contribution in [0.1, 0.15) is 62.9 Å². The zero-order valence-corrected chi connectivity index (χ0v) is 10.9. The fourth-order valence-electron chi connectivity index (χ4n) is 2.50. The minimum atomic E-state index is 0.421. The highest BCUT2D eigenvalue weighted by Crippen LogP contribution is 2.21. The molecule has 2 rings (SSSR count). The lowest BCUT2D eigenvalue weighted by atomic mass is 9.96. The minimum Gasteiger partial charge on any atom is -0.305 e. The Hall–Kier alpha value is -0.410. The van der Waals surface area contributed by atoms with Crippen molar-refractivity contribution in [2.75, 3.05) is 0 Å². The van der Waals surface area contributed by atoms with Crippen LogP contribution in [0.25, 0.3) is 0 Å². The van der Waals surface area contributed by atoms with Crippen molar-refractivity contribution in [3.05, 3.63) is 16.6 Å². The molecule has 2 nitrogen and oxygen atoms in total. The van der Waals surface area contributed by atoms with Crippen molar-refractivity contribution in [1.82, 2.24) is 10.3 Å². The molecule has 0 amide bonds. The molecule has 1 N–H and O–H groups in total. The van der Waals surface area contributed by atoms with Crippen LogP contribution in [0.15, 0.2) is 11.6 Å². The normalized spacial score (nSPS) is 21.3. The zero-order chi connectivity index (χ0) is 11.2. The molecule has 0 radical (unpaired) electrons. The first kappa shape index (κ1) is 12.1. The van der Waals surface area contributed by atoms with Gasteiger partial charge in [0.15, 0.2) is 0 Å². The first-order chi connectivity index (χ1) is 7.86. The summed E-state index contributed by atoms with van der Waals surface area (Å²) in [5, 5.41) is 7.02. The molecule has 0 aliphatic heterocycles. The summed E-state index contributed by atoms with van der Waals surface area (Å²) in [7, 11) is 0. The number of aromatic nitrogens is 1. The molecule has 0 saturated heterocycles. The second kappa shape index (κ2) is 6.36. The highest BCUT2D eigenvalue weighted by atomic mass is 32.1. The number of hydrogen-bond acceptors (Lipinski definition) is 3. The van der Waals surface area contributed by atoms with Crippen LogP contribution < -0.4 is 5.32 Å². The Bertz CT molecular complexity index is 276. The van der Waals surface area contributed by atoms with E-state index in [9.17, 15) is 0 Å². The summed E-state index contributed by atoms with van der Waals surface area (Å²) in [6.45, 7) is 2.23. The molecule has 0 bridgehead atoms. The van der Waals surface area contributed by atoms with Crippen LogP contribution in [0.4, 0.5) is 0 Å². The fourth-order valence-corrected chi connectivity index (χ4v) is 3.15. The van der Waals surface area contributed by atoms with Crippen molar-refractivity contribution in [2.45, 2.75) is 64.0 Å². The van der Waals surface area contributed by atoms with Gasteiger partial charge in [0.05, 0.1) is 6.04 Å². The Morgan fingerprint density at radius 1 is 1.25 bits per heavy atom. The van der Waals surface area contributed by atoms with Crippen LogP contribution in [0, 0.1) is 0 Å². The molecule has 1 saturated carbocycles. The van der Waals surface area contributed by atoms with Crippen LogP contribution in [-0.4, -0.2) is 11.0 Å². The van der Waals surface area contributed by atoms with Gasteiger partial charge in [0.2, 0.25) is 0 Å². The molecule has 90 valence electrons. The quantitative estimate of drug-likeness (QED) is 0.863. The largest absolute Gasteiger partial charge is 0.305 e. The minimum absolute atomic E-state index is 0.421. The molecule has 16 heavy (non-hydrogen) atoms. The van der Waals surface area contributed by atoms with Gasteiger partial charge in [-0.05, 0) is 19.8 Å². The third-order valence-electron chi connectivity index (χ3n) is 3.41. The van der Waals surface area contributed by atoms with Crippen LogP contribution in [0.3, 0.4) is 0 Å². The first-order valence-corrected chi connectivity index (χ1v) is 7.39. The van der Waals surface area contributed by atoms with E-state index in [0.717, 1.165) is 0 Å². The van der Waals surface area contributed by atoms with Crippen LogP contribution in [-0.2, 0) is 0 Å². The lowest BCUT2D eigenvalue weighted by molar-refractivity contribution is 0.362. The maximum atomic E-state index is 4.38. The van der Waals surface area contributed by atoms with Gasteiger partial charge in [-0.15, -0.1) is 11.3 Å². The van der Waals surface area contributed by atoms with E-state index in [0.29, 0.717) is 12.1 Å². The topological polar surface area (TPSA) is 24.9 Å². The van der Waals surface area contributed by atoms with Gasteiger partial charge in [-0.3, -0.25) is 0 Å². The second-order valence-electron chi connectivity index (χ2n) is 4.80. The van der Waals surface area contributed by atoms with Crippen molar-refractivity contribution in [2.24, 2.45) is 0 Å². The molecule has 1 aromatic rings. The van der Waals surface area contributed by atoms with Gasteiger partial charge in [0.1, 0.15) is 5.01 Å². The monoisotopic (exact) mass is 238 g/mol. The predicted octanol–water partition coefficient (Wildman–Crippen LogP) is 3.91. The Balaban J connectivity index is 1.82. The summed E-state index contributed by atoms with van der Waals surface area (Å²) >= 11 is 1.76. The van der Waals surface area contributed by atoms with E-state index in [2.05, 4.69) is 22.6 Å². The van der Waals surface area contributed by atoms with E-state index in [1.54, 1.807) is 11.3 Å². The number of thiazole rings is 1.